The predicted octanol–water partition coefficient (Wildman–Crippen LogP) is 2.33. The quantitative estimate of drug-likeness (QED) is 0.604. The summed E-state index contributed by atoms with van der Waals surface area (Å²) in [5.41, 5.74) is -1.75. The molecular formula is C24H25ClFN3O6. The third kappa shape index (κ3) is 4.43. The van der Waals surface area contributed by atoms with Gasteiger partial charge in [-0.05, 0) is 24.8 Å². The Morgan fingerprint density at radius 1 is 1.29 bits per heavy atom. The molecular weight excluding hydrogens is 481 g/mol. The molecule has 2 aromatic rings. The molecule has 2 heterocycles. The largest absolute Gasteiger partial charge is 0.420 e. The van der Waals surface area contributed by atoms with Crippen molar-refractivity contribution in [2.24, 2.45) is 5.92 Å². The van der Waals surface area contributed by atoms with E-state index in [2.05, 4.69) is 5.32 Å². The highest BCUT2D eigenvalue weighted by atomic mass is 35.5. The number of amides is 2. The molecule has 1 N–H and O–H groups in total. The number of pyridine rings is 1. The molecule has 2 amide bonds. The summed E-state index contributed by atoms with van der Waals surface area (Å²) in [7, 11) is 3.22. The van der Waals surface area contributed by atoms with Crippen LogP contribution < -0.4 is 15.5 Å². The number of rotatable bonds is 6. The third-order valence-electron chi connectivity index (χ3n) is 6.46. The van der Waals surface area contributed by atoms with Gasteiger partial charge >= 0.3 is 5.97 Å². The fraction of sp³-hybridized carbons (Fsp3) is 0.417. The second-order valence-corrected chi connectivity index (χ2v) is 9.43. The Kier molecular flexibility index (Phi) is 6.70. The lowest BCUT2D eigenvalue weighted by Gasteiger charge is -2.54. The average Bonchev–Trinajstić information content (AvgIpc) is 2.78. The minimum absolute atomic E-state index is 0.0766. The number of ether oxygens (including phenoxy) is 2. The van der Waals surface area contributed by atoms with Crippen LogP contribution in [0.2, 0.25) is 5.02 Å². The maximum absolute atomic E-state index is 14.2. The highest BCUT2D eigenvalue weighted by Crippen LogP contribution is 2.48. The number of esters is 1. The van der Waals surface area contributed by atoms with Crippen molar-refractivity contribution in [1.29, 1.82) is 0 Å². The maximum Gasteiger partial charge on any atom is 0.308 e. The molecule has 0 bridgehead atoms. The van der Waals surface area contributed by atoms with Crippen LogP contribution in [0.3, 0.4) is 0 Å². The van der Waals surface area contributed by atoms with Crippen LogP contribution in [0.5, 0.6) is 5.75 Å². The third-order valence-corrected chi connectivity index (χ3v) is 6.75. The SMILES string of the molecule is COC[C@H]1C[C@@]2(CN(C)C(=O)c3c(OC(C)=O)c(=O)c(C(=O)NCc4cccc(Cl)c4F)cn32)C1. The van der Waals surface area contributed by atoms with Crippen molar-refractivity contribution in [3.05, 3.63) is 62.3 Å². The smallest absolute Gasteiger partial charge is 0.308 e. The molecule has 11 heteroatoms. The molecule has 1 spiro atoms. The van der Waals surface area contributed by atoms with Crippen LogP contribution in [0.4, 0.5) is 4.39 Å². The lowest BCUT2D eigenvalue weighted by atomic mass is 9.67. The van der Waals surface area contributed by atoms with E-state index in [0.717, 1.165) is 6.92 Å². The first kappa shape index (κ1) is 24.9. The lowest BCUT2D eigenvalue weighted by Crippen LogP contribution is -2.60. The van der Waals surface area contributed by atoms with Gasteiger partial charge in [-0.3, -0.25) is 19.2 Å². The molecule has 2 aliphatic rings. The molecule has 186 valence electrons. The highest BCUT2D eigenvalue weighted by molar-refractivity contribution is 6.30. The number of likely N-dealkylation sites (N-methyl/N-ethyl adjacent to an activating group) is 1. The summed E-state index contributed by atoms with van der Waals surface area (Å²) in [6, 6.07) is 4.38. The standard InChI is InChI=1S/C24H25ClFN3O6/c1-13(30)35-21-19-23(33)28(2)12-24(7-14(8-24)11-34-3)29(19)10-16(20(21)31)22(32)27-9-15-5-4-6-17(25)18(15)26/h4-6,10,14H,7-9,11-12H2,1-3H3,(H,27,32)/t14-,24-. The highest BCUT2D eigenvalue weighted by Gasteiger charge is 2.52. The number of carbonyl (C=O) groups is 3. The number of nitrogens with one attached hydrogen (secondary N) is 1. The number of benzene rings is 1. The maximum atomic E-state index is 14.2. The van der Waals surface area contributed by atoms with E-state index in [9.17, 15) is 23.6 Å². The molecule has 0 saturated heterocycles. The van der Waals surface area contributed by atoms with Crippen LogP contribution >= 0.6 is 11.6 Å². The molecule has 0 atom stereocenters. The van der Waals surface area contributed by atoms with E-state index in [4.69, 9.17) is 21.1 Å². The van der Waals surface area contributed by atoms with Gasteiger partial charge in [-0.15, -0.1) is 0 Å². The van der Waals surface area contributed by atoms with Crippen LogP contribution in [0.1, 0.15) is 46.2 Å². The molecule has 35 heavy (non-hydrogen) atoms. The van der Waals surface area contributed by atoms with Crippen molar-refractivity contribution in [3.63, 3.8) is 0 Å². The molecule has 0 radical (unpaired) electrons. The summed E-state index contributed by atoms with van der Waals surface area (Å²) in [5, 5.41) is 2.42. The fourth-order valence-corrected chi connectivity index (χ4v) is 5.18. The normalized spacial score (nSPS) is 20.9. The van der Waals surface area contributed by atoms with Crippen LogP contribution in [-0.4, -0.2) is 54.6 Å². The van der Waals surface area contributed by atoms with Crippen LogP contribution in [0, 0.1) is 11.7 Å². The number of nitrogens with zero attached hydrogens (tertiary/aromatic N) is 2. The molecule has 1 fully saturated rings. The van der Waals surface area contributed by atoms with Crippen molar-refractivity contribution in [2.75, 3.05) is 27.3 Å². The molecule has 4 rings (SSSR count). The van der Waals surface area contributed by atoms with Crippen molar-refractivity contribution < 1.29 is 28.2 Å². The molecule has 1 aliphatic heterocycles. The van der Waals surface area contributed by atoms with Crippen molar-refractivity contribution in [3.8, 4) is 5.75 Å². The number of fused-ring (bicyclic) bond motifs is 2. The van der Waals surface area contributed by atoms with Crippen LogP contribution in [0.25, 0.3) is 0 Å². The first-order valence-corrected chi connectivity index (χ1v) is 11.4. The van der Waals surface area contributed by atoms with E-state index in [1.807, 2.05) is 0 Å². The Bertz CT molecular complexity index is 1270. The van der Waals surface area contributed by atoms with Crippen LogP contribution in [0.15, 0.2) is 29.2 Å². The van der Waals surface area contributed by atoms with Gasteiger partial charge in [0.1, 0.15) is 11.4 Å². The zero-order valence-electron chi connectivity index (χ0n) is 19.5. The van der Waals surface area contributed by atoms with E-state index >= 15 is 0 Å². The van der Waals surface area contributed by atoms with Crippen molar-refractivity contribution >= 4 is 29.4 Å². The summed E-state index contributed by atoms with van der Waals surface area (Å²) in [5.74, 6) is -3.04. The number of carbonyl (C=O) groups excluding carboxylic acids is 3. The Balaban J connectivity index is 1.77. The number of methoxy groups -OCH3 is 1. The molecule has 1 aliphatic carbocycles. The number of halogens is 2. The van der Waals surface area contributed by atoms with Gasteiger partial charge in [0.25, 0.3) is 11.8 Å². The van der Waals surface area contributed by atoms with Gasteiger partial charge in [-0.2, -0.15) is 0 Å². The number of hydrogen-bond acceptors (Lipinski definition) is 6. The van der Waals surface area contributed by atoms with E-state index in [1.54, 1.807) is 24.8 Å². The Morgan fingerprint density at radius 2 is 2.00 bits per heavy atom. The molecule has 0 unspecified atom stereocenters. The van der Waals surface area contributed by atoms with E-state index < -0.39 is 40.3 Å². The van der Waals surface area contributed by atoms with E-state index in [0.29, 0.717) is 26.0 Å². The Labute approximate surface area is 205 Å². The minimum Gasteiger partial charge on any atom is -0.420 e. The lowest BCUT2D eigenvalue weighted by molar-refractivity contribution is -0.132. The van der Waals surface area contributed by atoms with E-state index in [-0.39, 0.29) is 34.3 Å². The van der Waals surface area contributed by atoms with Gasteiger partial charge in [-0.25, -0.2) is 4.39 Å². The zero-order valence-corrected chi connectivity index (χ0v) is 20.3. The molecule has 9 nitrogen and oxygen atoms in total. The summed E-state index contributed by atoms with van der Waals surface area (Å²) < 4.78 is 26.3. The topological polar surface area (TPSA) is 107 Å². The average molecular weight is 506 g/mol. The predicted molar refractivity (Wildman–Crippen MR) is 124 cm³/mol. The van der Waals surface area contributed by atoms with Gasteiger partial charge in [0.05, 0.1) is 10.6 Å². The van der Waals surface area contributed by atoms with Gasteiger partial charge in [0.2, 0.25) is 11.2 Å². The van der Waals surface area contributed by atoms with Gasteiger partial charge in [-0.1, -0.05) is 23.7 Å². The molecule has 1 aromatic heterocycles. The second-order valence-electron chi connectivity index (χ2n) is 9.02. The first-order valence-electron chi connectivity index (χ1n) is 11.0. The molecule has 1 saturated carbocycles. The summed E-state index contributed by atoms with van der Waals surface area (Å²) >= 11 is 5.80. The summed E-state index contributed by atoms with van der Waals surface area (Å²) in [6.07, 6.45) is 2.62. The van der Waals surface area contributed by atoms with Gasteiger partial charge in [0.15, 0.2) is 5.69 Å². The minimum atomic E-state index is -0.901. The van der Waals surface area contributed by atoms with Crippen molar-refractivity contribution in [2.45, 2.75) is 31.8 Å². The van der Waals surface area contributed by atoms with Crippen LogP contribution in [-0.2, 0) is 21.6 Å². The van der Waals surface area contributed by atoms with Gasteiger partial charge < -0.3 is 24.3 Å². The monoisotopic (exact) mass is 505 g/mol. The summed E-state index contributed by atoms with van der Waals surface area (Å²) in [4.78, 5) is 52.7. The number of aromatic nitrogens is 1. The fourth-order valence-electron chi connectivity index (χ4n) is 4.99. The second kappa shape index (κ2) is 9.43. The Hall–Kier alpha value is -3.24. The first-order chi connectivity index (χ1) is 16.6. The van der Waals surface area contributed by atoms with Gasteiger partial charge in [0, 0.05) is 52.5 Å². The number of hydrogen-bond donors (Lipinski definition) is 1. The molecule has 1 aromatic carbocycles. The summed E-state index contributed by atoms with van der Waals surface area (Å²) in [6.45, 7) is 1.77. The zero-order chi connectivity index (χ0) is 25.5. The van der Waals surface area contributed by atoms with Crippen molar-refractivity contribution in [1.82, 2.24) is 14.8 Å². The Morgan fingerprint density at radius 3 is 2.66 bits per heavy atom. The van der Waals surface area contributed by atoms with E-state index in [1.165, 1.54) is 23.2 Å².